The zero-order valence-electron chi connectivity index (χ0n) is 11.7. The Kier molecular flexibility index (Phi) is 4.60. The Balaban J connectivity index is 2.10. The van der Waals surface area contributed by atoms with E-state index in [0.717, 1.165) is 16.7 Å². The number of carbonyl (C=O) groups excluding carboxylic acids is 1. The van der Waals surface area contributed by atoms with Crippen LogP contribution in [-0.4, -0.2) is 17.2 Å². The Morgan fingerprint density at radius 1 is 1.24 bits per heavy atom. The van der Waals surface area contributed by atoms with Gasteiger partial charge in [0.1, 0.15) is 5.75 Å². The molecule has 0 heterocycles. The van der Waals surface area contributed by atoms with Crippen LogP contribution in [0.25, 0.3) is 0 Å². The number of hydrogen-bond acceptors (Lipinski definition) is 3. The lowest BCUT2D eigenvalue weighted by Gasteiger charge is -2.05. The van der Waals surface area contributed by atoms with Crippen LogP contribution in [0.2, 0.25) is 5.02 Å². The van der Waals surface area contributed by atoms with E-state index in [-0.39, 0.29) is 11.7 Å². The van der Waals surface area contributed by atoms with Gasteiger partial charge in [0.25, 0.3) is 5.91 Å². The number of rotatable bonds is 3. The van der Waals surface area contributed by atoms with Crippen molar-refractivity contribution >= 4 is 23.7 Å². The molecule has 5 heteroatoms. The number of nitrogens with zero attached hydrogens (tertiary/aromatic N) is 1. The summed E-state index contributed by atoms with van der Waals surface area (Å²) in [5.41, 5.74) is 5.11. The number of benzene rings is 2. The van der Waals surface area contributed by atoms with Gasteiger partial charge in [0.15, 0.2) is 0 Å². The van der Waals surface area contributed by atoms with Gasteiger partial charge in [-0.1, -0.05) is 23.7 Å². The summed E-state index contributed by atoms with van der Waals surface area (Å²) in [7, 11) is 0. The van der Waals surface area contributed by atoms with Gasteiger partial charge in [-0.05, 0) is 54.8 Å². The zero-order chi connectivity index (χ0) is 15.4. The van der Waals surface area contributed by atoms with Gasteiger partial charge in [-0.25, -0.2) is 5.43 Å². The number of phenolic OH excluding ortho intramolecular Hbond substituents is 1. The van der Waals surface area contributed by atoms with Crippen molar-refractivity contribution in [2.24, 2.45) is 5.10 Å². The van der Waals surface area contributed by atoms with E-state index < -0.39 is 0 Å². The fourth-order valence-corrected chi connectivity index (χ4v) is 2.16. The van der Waals surface area contributed by atoms with Crippen molar-refractivity contribution in [1.29, 1.82) is 0 Å². The van der Waals surface area contributed by atoms with Gasteiger partial charge in [-0.2, -0.15) is 5.10 Å². The number of aryl methyl sites for hydroxylation is 2. The highest BCUT2D eigenvalue weighted by molar-refractivity contribution is 6.33. The monoisotopic (exact) mass is 302 g/mol. The van der Waals surface area contributed by atoms with E-state index >= 15 is 0 Å². The average Bonchev–Trinajstić information content (AvgIpc) is 2.45. The maximum Gasteiger partial charge on any atom is 0.272 e. The average molecular weight is 303 g/mol. The standard InChI is InChI=1S/C16H15ClN2O2/c1-10-7-12(8-11(2)15(10)20)9-18-19-16(21)13-5-3-4-6-14(13)17/h3-9,20H,1-2H3,(H,19,21). The normalized spacial score (nSPS) is 10.8. The van der Waals surface area contributed by atoms with Crippen LogP contribution in [0, 0.1) is 13.8 Å². The molecule has 2 aromatic rings. The van der Waals surface area contributed by atoms with E-state index in [1.807, 2.05) is 13.8 Å². The molecule has 2 aromatic carbocycles. The van der Waals surface area contributed by atoms with Crippen molar-refractivity contribution in [2.45, 2.75) is 13.8 Å². The third-order valence-electron chi connectivity index (χ3n) is 3.01. The molecule has 0 bridgehead atoms. The summed E-state index contributed by atoms with van der Waals surface area (Å²) in [4.78, 5) is 11.9. The first kappa shape index (κ1) is 15.1. The maximum atomic E-state index is 11.9. The molecule has 0 aliphatic heterocycles. The van der Waals surface area contributed by atoms with Crippen molar-refractivity contribution < 1.29 is 9.90 Å². The van der Waals surface area contributed by atoms with Crippen LogP contribution in [0.5, 0.6) is 5.75 Å². The second-order valence-corrected chi connectivity index (χ2v) is 5.09. The van der Waals surface area contributed by atoms with E-state index in [1.54, 1.807) is 36.4 Å². The highest BCUT2D eigenvalue weighted by atomic mass is 35.5. The Labute approximate surface area is 128 Å². The van der Waals surface area contributed by atoms with Crippen molar-refractivity contribution in [3.05, 3.63) is 63.7 Å². The molecule has 21 heavy (non-hydrogen) atoms. The Morgan fingerprint density at radius 2 is 1.86 bits per heavy atom. The van der Waals surface area contributed by atoms with Gasteiger partial charge in [0.05, 0.1) is 16.8 Å². The lowest BCUT2D eigenvalue weighted by atomic mass is 10.1. The number of hydrazone groups is 1. The molecular weight excluding hydrogens is 288 g/mol. The number of phenols is 1. The summed E-state index contributed by atoms with van der Waals surface area (Å²) in [6.45, 7) is 3.62. The number of amides is 1. The summed E-state index contributed by atoms with van der Waals surface area (Å²) < 4.78 is 0. The SMILES string of the molecule is Cc1cc(C=NNC(=O)c2ccccc2Cl)cc(C)c1O. The van der Waals surface area contributed by atoms with Crippen LogP contribution < -0.4 is 5.43 Å². The first-order valence-electron chi connectivity index (χ1n) is 6.37. The minimum Gasteiger partial charge on any atom is -0.507 e. The molecule has 0 saturated heterocycles. The van der Waals surface area contributed by atoms with E-state index in [4.69, 9.17) is 11.6 Å². The minimum absolute atomic E-state index is 0.271. The van der Waals surface area contributed by atoms with E-state index in [9.17, 15) is 9.90 Å². The van der Waals surface area contributed by atoms with Crippen molar-refractivity contribution in [3.8, 4) is 5.75 Å². The largest absolute Gasteiger partial charge is 0.507 e. The van der Waals surface area contributed by atoms with Gasteiger partial charge in [0, 0.05) is 0 Å². The summed E-state index contributed by atoms with van der Waals surface area (Å²) >= 11 is 5.93. The van der Waals surface area contributed by atoms with E-state index in [1.165, 1.54) is 6.21 Å². The van der Waals surface area contributed by atoms with Crippen LogP contribution in [0.1, 0.15) is 27.0 Å². The molecule has 0 aliphatic rings. The van der Waals surface area contributed by atoms with Gasteiger partial charge >= 0.3 is 0 Å². The highest BCUT2D eigenvalue weighted by Gasteiger charge is 2.08. The van der Waals surface area contributed by atoms with Crippen LogP contribution in [0.4, 0.5) is 0 Å². The molecular formula is C16H15ClN2O2. The zero-order valence-corrected chi connectivity index (χ0v) is 12.5. The summed E-state index contributed by atoms with van der Waals surface area (Å²) in [6, 6.07) is 10.3. The van der Waals surface area contributed by atoms with Gasteiger partial charge in [-0.15, -0.1) is 0 Å². The smallest absolute Gasteiger partial charge is 0.272 e. The molecule has 2 rings (SSSR count). The lowest BCUT2D eigenvalue weighted by Crippen LogP contribution is -2.17. The third-order valence-corrected chi connectivity index (χ3v) is 3.34. The first-order valence-corrected chi connectivity index (χ1v) is 6.75. The van der Waals surface area contributed by atoms with Crippen LogP contribution in [0.3, 0.4) is 0 Å². The number of halogens is 1. The van der Waals surface area contributed by atoms with Gasteiger partial charge < -0.3 is 5.11 Å². The molecule has 0 atom stereocenters. The summed E-state index contributed by atoms with van der Waals surface area (Å²) in [6.07, 6.45) is 1.52. The predicted octanol–water partition coefficient (Wildman–Crippen LogP) is 3.43. The fourth-order valence-electron chi connectivity index (χ4n) is 1.93. The Morgan fingerprint density at radius 3 is 2.48 bits per heavy atom. The summed E-state index contributed by atoms with van der Waals surface area (Å²) in [5.74, 6) is -0.101. The lowest BCUT2D eigenvalue weighted by molar-refractivity contribution is 0.0955. The molecule has 0 aliphatic carbocycles. The number of carbonyl (C=O) groups is 1. The topological polar surface area (TPSA) is 61.7 Å². The molecule has 0 unspecified atom stereocenters. The van der Waals surface area contributed by atoms with E-state index in [0.29, 0.717) is 10.6 Å². The van der Waals surface area contributed by atoms with Crippen molar-refractivity contribution in [1.82, 2.24) is 5.43 Å². The predicted molar refractivity (Wildman–Crippen MR) is 84.1 cm³/mol. The molecule has 2 N–H and O–H groups in total. The molecule has 4 nitrogen and oxygen atoms in total. The molecule has 0 spiro atoms. The molecule has 0 fully saturated rings. The highest BCUT2D eigenvalue weighted by Crippen LogP contribution is 2.22. The molecule has 108 valence electrons. The van der Waals surface area contributed by atoms with Crippen LogP contribution >= 0.6 is 11.6 Å². The number of aromatic hydroxyl groups is 1. The maximum absolute atomic E-state index is 11.9. The third kappa shape index (κ3) is 3.61. The molecule has 1 amide bonds. The van der Waals surface area contributed by atoms with Gasteiger partial charge in [-0.3, -0.25) is 4.79 Å². The quantitative estimate of drug-likeness (QED) is 0.674. The molecule has 0 radical (unpaired) electrons. The van der Waals surface area contributed by atoms with Gasteiger partial charge in [0.2, 0.25) is 0 Å². The van der Waals surface area contributed by atoms with Crippen LogP contribution in [0.15, 0.2) is 41.5 Å². The Hall–Kier alpha value is -2.33. The second-order valence-electron chi connectivity index (χ2n) is 4.68. The Bertz CT molecular complexity index is 688. The number of hydrogen-bond donors (Lipinski definition) is 2. The minimum atomic E-state index is -0.371. The second kappa shape index (κ2) is 6.41. The molecule has 0 aromatic heterocycles. The molecule has 0 saturated carbocycles. The van der Waals surface area contributed by atoms with E-state index in [2.05, 4.69) is 10.5 Å². The summed E-state index contributed by atoms with van der Waals surface area (Å²) in [5, 5.41) is 14.0. The fraction of sp³-hybridized carbons (Fsp3) is 0.125. The number of nitrogens with one attached hydrogen (secondary N) is 1. The van der Waals surface area contributed by atoms with Crippen molar-refractivity contribution in [2.75, 3.05) is 0 Å². The van der Waals surface area contributed by atoms with Crippen LogP contribution in [-0.2, 0) is 0 Å². The first-order chi connectivity index (χ1) is 9.99. The van der Waals surface area contributed by atoms with Crippen molar-refractivity contribution in [3.63, 3.8) is 0 Å².